The minimum absolute atomic E-state index is 0.00199. The average Bonchev–Trinajstić information content (AvgIpc) is 2.63. The molecule has 0 unspecified atom stereocenters. The third-order valence-corrected chi connectivity index (χ3v) is 4.07. The summed E-state index contributed by atoms with van der Waals surface area (Å²) in [5.74, 6) is 0.935. The minimum atomic E-state index is -0.426. The van der Waals surface area contributed by atoms with Crippen molar-refractivity contribution in [3.05, 3.63) is 28.3 Å². The molecule has 7 nitrogen and oxygen atoms in total. The van der Waals surface area contributed by atoms with Crippen molar-refractivity contribution < 1.29 is 19.4 Å². The summed E-state index contributed by atoms with van der Waals surface area (Å²) in [6, 6.07) is 5.04. The number of hydrogen-bond acceptors (Lipinski definition) is 6. The molecule has 2 rings (SSSR count). The number of nitrogens with zero attached hydrogens (tertiary/aromatic N) is 2. The maximum absolute atomic E-state index is 10.9. The molecule has 1 aliphatic heterocycles. The fourth-order valence-electron chi connectivity index (χ4n) is 2.79. The quantitative estimate of drug-likeness (QED) is 0.325. The van der Waals surface area contributed by atoms with E-state index in [-0.39, 0.29) is 5.69 Å². The van der Waals surface area contributed by atoms with Crippen LogP contribution in [-0.2, 0) is 9.78 Å². The van der Waals surface area contributed by atoms with Crippen LogP contribution in [0.3, 0.4) is 0 Å². The Morgan fingerprint density at radius 1 is 1.25 bits per heavy atom. The lowest BCUT2D eigenvalue weighted by molar-refractivity contribution is -0.385. The molecule has 7 heteroatoms. The van der Waals surface area contributed by atoms with Crippen molar-refractivity contribution in [1.82, 2.24) is 0 Å². The number of methoxy groups -OCH3 is 1. The second-order valence-corrected chi connectivity index (χ2v) is 5.32. The molecule has 1 heterocycles. The molecule has 136 valence electrons. The normalized spacial score (nSPS) is 14.8. The number of rotatable bonds is 7. The summed E-state index contributed by atoms with van der Waals surface area (Å²) in [5.41, 5.74) is 0.965. The zero-order valence-electron chi connectivity index (χ0n) is 15.0. The first kappa shape index (κ1) is 20.2. The van der Waals surface area contributed by atoms with Crippen LogP contribution in [0, 0.1) is 16.0 Å². The van der Waals surface area contributed by atoms with Gasteiger partial charge in [0.1, 0.15) is 0 Å². The second kappa shape index (κ2) is 10.8. The van der Waals surface area contributed by atoms with Gasteiger partial charge in [0.15, 0.2) is 5.75 Å². The van der Waals surface area contributed by atoms with Crippen molar-refractivity contribution in [3.63, 3.8) is 0 Å². The first-order chi connectivity index (χ1) is 11.7. The molecule has 0 radical (unpaired) electrons. The molecule has 1 fully saturated rings. The summed E-state index contributed by atoms with van der Waals surface area (Å²) < 4.78 is 5.13. The number of hydrogen-bond donors (Lipinski definition) is 0. The maximum Gasteiger partial charge on any atom is 0.311 e. The van der Waals surface area contributed by atoms with Gasteiger partial charge in [-0.25, -0.2) is 9.78 Å². The topological polar surface area (TPSA) is 74.1 Å². The van der Waals surface area contributed by atoms with E-state index in [1.807, 2.05) is 13.8 Å². The smallest absolute Gasteiger partial charge is 0.311 e. The van der Waals surface area contributed by atoms with Gasteiger partial charge >= 0.3 is 5.69 Å². The van der Waals surface area contributed by atoms with E-state index in [4.69, 9.17) is 9.62 Å². The van der Waals surface area contributed by atoms with E-state index in [0.29, 0.717) is 18.3 Å². The highest BCUT2D eigenvalue weighted by Crippen LogP contribution is 2.33. The Balaban J connectivity index is 0.00000139. The summed E-state index contributed by atoms with van der Waals surface area (Å²) >= 11 is 0. The van der Waals surface area contributed by atoms with Crippen LogP contribution in [0.2, 0.25) is 0 Å². The fourth-order valence-corrected chi connectivity index (χ4v) is 2.79. The zero-order valence-corrected chi connectivity index (χ0v) is 15.0. The van der Waals surface area contributed by atoms with Gasteiger partial charge in [-0.15, -0.1) is 0 Å². The molecule has 0 spiro atoms. The number of nitro groups is 1. The Bertz CT molecular complexity index is 502. The molecule has 1 aromatic rings. The third-order valence-electron chi connectivity index (χ3n) is 4.07. The van der Waals surface area contributed by atoms with E-state index in [0.717, 1.165) is 38.0 Å². The summed E-state index contributed by atoms with van der Waals surface area (Å²) in [5, 5.41) is 10.9. The standard InChI is InChI=1S/C15H22N2O5.C2H6/c1-20-15-11-13(3-4-14(15)17(18)19)16-8-5-12(6-9-16)7-10-22-21-2;1-2/h3-4,11-12H,5-10H2,1-2H3;1-2H3. The average molecular weight is 340 g/mol. The minimum Gasteiger partial charge on any atom is -0.490 e. The van der Waals surface area contributed by atoms with Gasteiger partial charge in [-0.05, 0) is 31.2 Å². The van der Waals surface area contributed by atoms with Gasteiger partial charge in [0.2, 0.25) is 0 Å². The van der Waals surface area contributed by atoms with Crippen molar-refractivity contribution in [3.8, 4) is 5.75 Å². The lowest BCUT2D eigenvalue weighted by Crippen LogP contribution is -2.34. The van der Waals surface area contributed by atoms with Crippen LogP contribution < -0.4 is 9.64 Å². The Hall–Kier alpha value is -1.86. The molecule has 24 heavy (non-hydrogen) atoms. The molecular weight excluding hydrogens is 312 g/mol. The lowest BCUT2D eigenvalue weighted by atomic mass is 9.93. The monoisotopic (exact) mass is 340 g/mol. The molecular formula is C17H28N2O5. The Morgan fingerprint density at radius 3 is 2.46 bits per heavy atom. The summed E-state index contributed by atoms with van der Waals surface area (Å²) in [6.45, 7) is 6.48. The van der Waals surface area contributed by atoms with Gasteiger partial charge in [-0.1, -0.05) is 13.8 Å². The Labute approximate surface area is 143 Å². The summed E-state index contributed by atoms with van der Waals surface area (Å²) in [7, 11) is 2.97. The number of ether oxygens (including phenoxy) is 1. The van der Waals surface area contributed by atoms with E-state index in [1.54, 1.807) is 12.1 Å². The van der Waals surface area contributed by atoms with Gasteiger partial charge in [0.25, 0.3) is 0 Å². The largest absolute Gasteiger partial charge is 0.490 e. The lowest BCUT2D eigenvalue weighted by Gasteiger charge is -2.33. The second-order valence-electron chi connectivity index (χ2n) is 5.32. The molecule has 0 aromatic heterocycles. The highest BCUT2D eigenvalue weighted by Gasteiger charge is 2.22. The molecule has 1 aliphatic rings. The Morgan fingerprint density at radius 2 is 1.92 bits per heavy atom. The molecule has 0 aliphatic carbocycles. The maximum atomic E-state index is 10.9. The highest BCUT2D eigenvalue weighted by molar-refractivity contribution is 5.59. The summed E-state index contributed by atoms with van der Waals surface area (Å²) in [4.78, 5) is 22.3. The van der Waals surface area contributed by atoms with E-state index in [9.17, 15) is 10.1 Å². The van der Waals surface area contributed by atoms with Crippen LogP contribution in [0.5, 0.6) is 5.75 Å². The van der Waals surface area contributed by atoms with Crippen molar-refractivity contribution in [2.24, 2.45) is 5.92 Å². The molecule has 1 aromatic carbocycles. The fraction of sp³-hybridized carbons (Fsp3) is 0.647. The number of piperidine rings is 1. The third kappa shape index (κ3) is 5.65. The van der Waals surface area contributed by atoms with Crippen LogP contribution in [0.25, 0.3) is 0 Å². The SMILES string of the molecule is CC.COOCCC1CCN(c2ccc([N+](=O)[O-])c(OC)c2)CC1. The first-order valence-electron chi connectivity index (χ1n) is 8.38. The van der Waals surface area contributed by atoms with Crippen LogP contribution in [0.15, 0.2) is 18.2 Å². The van der Waals surface area contributed by atoms with Gasteiger partial charge in [0.05, 0.1) is 25.7 Å². The molecule has 0 saturated carbocycles. The van der Waals surface area contributed by atoms with Gasteiger partial charge in [0, 0.05) is 30.9 Å². The first-order valence-corrected chi connectivity index (χ1v) is 8.38. The molecule has 1 saturated heterocycles. The molecule has 0 bridgehead atoms. The predicted octanol–water partition coefficient (Wildman–Crippen LogP) is 3.81. The van der Waals surface area contributed by atoms with Crippen molar-refractivity contribution in [2.45, 2.75) is 33.1 Å². The van der Waals surface area contributed by atoms with E-state index < -0.39 is 4.92 Å². The van der Waals surface area contributed by atoms with Crippen LogP contribution in [0.1, 0.15) is 33.1 Å². The van der Waals surface area contributed by atoms with E-state index in [2.05, 4.69) is 9.79 Å². The van der Waals surface area contributed by atoms with E-state index >= 15 is 0 Å². The number of anilines is 1. The molecule has 0 atom stereocenters. The van der Waals surface area contributed by atoms with Gasteiger partial charge in [-0.2, -0.15) is 0 Å². The molecule has 0 amide bonds. The van der Waals surface area contributed by atoms with Crippen molar-refractivity contribution >= 4 is 11.4 Å². The number of benzene rings is 1. The van der Waals surface area contributed by atoms with Crippen LogP contribution >= 0.6 is 0 Å². The highest BCUT2D eigenvalue weighted by atomic mass is 17.2. The van der Waals surface area contributed by atoms with Crippen molar-refractivity contribution in [2.75, 3.05) is 38.8 Å². The Kier molecular flexibility index (Phi) is 9.11. The predicted molar refractivity (Wildman–Crippen MR) is 93.5 cm³/mol. The molecule has 0 N–H and O–H groups in total. The summed E-state index contributed by atoms with van der Waals surface area (Å²) in [6.07, 6.45) is 3.14. The van der Waals surface area contributed by atoms with Gasteiger partial charge in [-0.3, -0.25) is 10.1 Å². The number of nitro benzene ring substituents is 1. The van der Waals surface area contributed by atoms with Crippen LogP contribution in [0.4, 0.5) is 11.4 Å². The van der Waals surface area contributed by atoms with Crippen molar-refractivity contribution in [1.29, 1.82) is 0 Å². The van der Waals surface area contributed by atoms with Crippen LogP contribution in [-0.4, -0.2) is 38.8 Å². The zero-order chi connectivity index (χ0) is 17.9. The van der Waals surface area contributed by atoms with Gasteiger partial charge < -0.3 is 9.64 Å². The van der Waals surface area contributed by atoms with E-state index in [1.165, 1.54) is 20.3 Å².